The van der Waals surface area contributed by atoms with Crippen LogP contribution in [-0.2, 0) is 6.42 Å². The smallest absolute Gasteiger partial charge is 0.269 e. The van der Waals surface area contributed by atoms with Crippen LogP contribution in [0.25, 0.3) is 0 Å². The van der Waals surface area contributed by atoms with Crippen LogP contribution in [0.15, 0.2) is 24.3 Å². The summed E-state index contributed by atoms with van der Waals surface area (Å²) in [6.45, 7) is 2.17. The minimum atomic E-state index is -0.384. The Bertz CT molecular complexity index is 349. The molecule has 0 bridgehead atoms. The van der Waals surface area contributed by atoms with Gasteiger partial charge in [-0.1, -0.05) is 38.3 Å². The molecule has 17 heavy (non-hydrogen) atoms. The van der Waals surface area contributed by atoms with Crippen LogP contribution in [0.2, 0.25) is 0 Å². The lowest BCUT2D eigenvalue weighted by Gasteiger charge is -2.10. The summed E-state index contributed by atoms with van der Waals surface area (Å²) in [5.74, 6) is 0. The third-order valence-corrected chi connectivity index (χ3v) is 2.82. The Morgan fingerprint density at radius 3 is 2.47 bits per heavy atom. The van der Waals surface area contributed by atoms with E-state index < -0.39 is 0 Å². The van der Waals surface area contributed by atoms with E-state index >= 15 is 0 Å². The van der Waals surface area contributed by atoms with Gasteiger partial charge < -0.3 is 5.73 Å². The van der Waals surface area contributed by atoms with E-state index in [-0.39, 0.29) is 16.7 Å². The maximum atomic E-state index is 10.5. The van der Waals surface area contributed by atoms with Crippen molar-refractivity contribution in [3.63, 3.8) is 0 Å². The standard InChI is InChI=1S/C13H20N2O2/c1-2-3-4-5-12(14)10-11-6-8-13(9-7-11)15(16)17/h6-9,12H,2-5,10,14H2,1H3. The third kappa shape index (κ3) is 4.95. The van der Waals surface area contributed by atoms with Gasteiger partial charge in [0, 0.05) is 18.2 Å². The summed E-state index contributed by atoms with van der Waals surface area (Å²) in [6, 6.07) is 6.81. The average molecular weight is 236 g/mol. The van der Waals surface area contributed by atoms with Gasteiger partial charge in [-0.05, 0) is 18.4 Å². The molecule has 0 saturated heterocycles. The minimum Gasteiger partial charge on any atom is -0.327 e. The molecule has 0 aliphatic rings. The van der Waals surface area contributed by atoms with Crippen LogP contribution >= 0.6 is 0 Å². The van der Waals surface area contributed by atoms with Gasteiger partial charge in [-0.3, -0.25) is 10.1 Å². The molecule has 1 atom stereocenters. The largest absolute Gasteiger partial charge is 0.327 e. The van der Waals surface area contributed by atoms with Gasteiger partial charge >= 0.3 is 0 Å². The summed E-state index contributed by atoms with van der Waals surface area (Å²) in [4.78, 5) is 10.1. The molecule has 1 aromatic carbocycles. The molecular formula is C13H20N2O2. The van der Waals surface area contributed by atoms with E-state index in [0.717, 1.165) is 24.8 Å². The van der Waals surface area contributed by atoms with Crippen LogP contribution in [-0.4, -0.2) is 11.0 Å². The van der Waals surface area contributed by atoms with Crippen LogP contribution < -0.4 is 5.73 Å². The highest BCUT2D eigenvalue weighted by Gasteiger charge is 2.07. The quantitative estimate of drug-likeness (QED) is 0.449. The fraction of sp³-hybridized carbons (Fsp3) is 0.538. The molecule has 4 heteroatoms. The number of non-ortho nitro benzene ring substituents is 1. The van der Waals surface area contributed by atoms with Crippen LogP contribution in [0, 0.1) is 10.1 Å². The summed E-state index contributed by atoms with van der Waals surface area (Å²) in [5, 5.41) is 10.5. The summed E-state index contributed by atoms with van der Waals surface area (Å²) in [6.07, 6.45) is 5.38. The predicted molar refractivity (Wildman–Crippen MR) is 68.9 cm³/mol. The predicted octanol–water partition coefficient (Wildman–Crippen LogP) is 3.04. The topological polar surface area (TPSA) is 69.2 Å². The molecule has 0 heterocycles. The molecule has 4 nitrogen and oxygen atoms in total. The van der Waals surface area contributed by atoms with Crippen molar-refractivity contribution in [1.82, 2.24) is 0 Å². The van der Waals surface area contributed by atoms with E-state index in [1.165, 1.54) is 25.0 Å². The van der Waals surface area contributed by atoms with Gasteiger partial charge in [-0.25, -0.2) is 0 Å². The Hall–Kier alpha value is -1.42. The molecule has 0 spiro atoms. The van der Waals surface area contributed by atoms with Crippen LogP contribution in [0.5, 0.6) is 0 Å². The maximum Gasteiger partial charge on any atom is 0.269 e. The number of benzene rings is 1. The highest BCUT2D eigenvalue weighted by Crippen LogP contribution is 2.14. The fourth-order valence-electron chi connectivity index (χ4n) is 1.82. The van der Waals surface area contributed by atoms with Crippen LogP contribution in [0.3, 0.4) is 0 Å². The van der Waals surface area contributed by atoms with Crippen molar-refractivity contribution in [1.29, 1.82) is 0 Å². The Kier molecular flexibility index (Phi) is 5.63. The molecule has 0 saturated carbocycles. The van der Waals surface area contributed by atoms with Crippen molar-refractivity contribution in [3.8, 4) is 0 Å². The van der Waals surface area contributed by atoms with Gasteiger partial charge in [-0.2, -0.15) is 0 Å². The number of unbranched alkanes of at least 4 members (excludes halogenated alkanes) is 2. The van der Waals surface area contributed by atoms with Crippen molar-refractivity contribution in [3.05, 3.63) is 39.9 Å². The molecular weight excluding hydrogens is 216 g/mol. The minimum absolute atomic E-state index is 0.133. The van der Waals surface area contributed by atoms with Crippen LogP contribution in [0.1, 0.15) is 38.2 Å². The van der Waals surface area contributed by atoms with Gasteiger partial charge in [-0.15, -0.1) is 0 Å². The first kappa shape index (κ1) is 13.6. The van der Waals surface area contributed by atoms with Gasteiger partial charge in [0.25, 0.3) is 5.69 Å². The second-order valence-corrected chi connectivity index (χ2v) is 4.38. The molecule has 1 aromatic rings. The number of nitrogens with two attached hydrogens (primary N) is 1. The molecule has 0 amide bonds. The number of nitro groups is 1. The first-order valence-corrected chi connectivity index (χ1v) is 6.12. The maximum absolute atomic E-state index is 10.5. The van der Waals surface area contributed by atoms with Gasteiger partial charge in [0.05, 0.1) is 4.92 Å². The lowest BCUT2D eigenvalue weighted by molar-refractivity contribution is -0.384. The highest BCUT2D eigenvalue weighted by molar-refractivity contribution is 5.33. The van der Waals surface area contributed by atoms with E-state index in [2.05, 4.69) is 6.92 Å². The molecule has 1 unspecified atom stereocenters. The molecule has 2 N–H and O–H groups in total. The Labute approximate surface area is 102 Å². The van der Waals surface area contributed by atoms with E-state index in [0.29, 0.717) is 0 Å². The monoisotopic (exact) mass is 236 g/mol. The molecule has 0 fully saturated rings. The van der Waals surface area contributed by atoms with Crippen molar-refractivity contribution >= 4 is 5.69 Å². The Morgan fingerprint density at radius 2 is 1.94 bits per heavy atom. The molecule has 94 valence electrons. The molecule has 0 aliphatic heterocycles. The lowest BCUT2D eigenvalue weighted by Crippen LogP contribution is -2.22. The van der Waals surface area contributed by atoms with Crippen molar-refractivity contribution < 1.29 is 4.92 Å². The number of nitro benzene ring substituents is 1. The number of hydrogen-bond donors (Lipinski definition) is 1. The zero-order chi connectivity index (χ0) is 12.7. The third-order valence-electron chi connectivity index (χ3n) is 2.82. The number of rotatable bonds is 7. The second kappa shape index (κ2) is 7.01. The SMILES string of the molecule is CCCCCC(N)Cc1ccc([N+](=O)[O-])cc1. The van der Waals surface area contributed by atoms with Gasteiger partial charge in [0.2, 0.25) is 0 Å². The lowest BCUT2D eigenvalue weighted by atomic mass is 10.0. The van der Waals surface area contributed by atoms with E-state index in [4.69, 9.17) is 5.73 Å². The molecule has 0 radical (unpaired) electrons. The van der Waals surface area contributed by atoms with Gasteiger partial charge in [0.1, 0.15) is 0 Å². The molecule has 1 rings (SSSR count). The van der Waals surface area contributed by atoms with Crippen LogP contribution in [0.4, 0.5) is 5.69 Å². The first-order chi connectivity index (χ1) is 8.13. The summed E-state index contributed by atoms with van der Waals surface area (Å²) < 4.78 is 0. The van der Waals surface area contributed by atoms with E-state index in [1.54, 1.807) is 12.1 Å². The van der Waals surface area contributed by atoms with E-state index in [1.807, 2.05) is 0 Å². The normalized spacial score (nSPS) is 12.4. The zero-order valence-corrected chi connectivity index (χ0v) is 10.3. The zero-order valence-electron chi connectivity index (χ0n) is 10.3. The first-order valence-electron chi connectivity index (χ1n) is 6.12. The number of hydrogen-bond acceptors (Lipinski definition) is 3. The molecule has 0 aliphatic carbocycles. The van der Waals surface area contributed by atoms with E-state index in [9.17, 15) is 10.1 Å². The molecule has 0 aromatic heterocycles. The second-order valence-electron chi connectivity index (χ2n) is 4.38. The van der Waals surface area contributed by atoms with Crippen molar-refractivity contribution in [2.45, 2.75) is 45.1 Å². The van der Waals surface area contributed by atoms with Gasteiger partial charge in [0.15, 0.2) is 0 Å². The Balaban J connectivity index is 2.43. The summed E-state index contributed by atoms with van der Waals surface area (Å²) in [5.41, 5.74) is 7.21. The Morgan fingerprint density at radius 1 is 1.29 bits per heavy atom. The van der Waals surface area contributed by atoms with Crippen molar-refractivity contribution in [2.75, 3.05) is 0 Å². The average Bonchev–Trinajstić information content (AvgIpc) is 2.30. The van der Waals surface area contributed by atoms with Crippen molar-refractivity contribution in [2.24, 2.45) is 5.73 Å². The number of nitrogens with zero attached hydrogens (tertiary/aromatic N) is 1. The highest BCUT2D eigenvalue weighted by atomic mass is 16.6. The summed E-state index contributed by atoms with van der Waals surface area (Å²) in [7, 11) is 0. The fourth-order valence-corrected chi connectivity index (χ4v) is 1.82. The summed E-state index contributed by atoms with van der Waals surface area (Å²) >= 11 is 0.